The molecule has 2 aliphatic carbocycles. The van der Waals surface area contributed by atoms with E-state index in [4.69, 9.17) is 9.16 Å². The first kappa shape index (κ1) is 22.5. The van der Waals surface area contributed by atoms with E-state index < -0.39 is 13.9 Å². The Kier molecular flexibility index (Phi) is 6.59. The summed E-state index contributed by atoms with van der Waals surface area (Å²) < 4.78 is 11.9. The van der Waals surface area contributed by atoms with E-state index in [-0.39, 0.29) is 5.97 Å². The van der Waals surface area contributed by atoms with Crippen LogP contribution in [0.2, 0.25) is 19.6 Å². The molecule has 0 spiro atoms. The minimum Gasteiger partial charge on any atom is -0.463 e. The molecule has 6 atom stereocenters. The van der Waals surface area contributed by atoms with Gasteiger partial charge in [-0.3, -0.25) is 0 Å². The molecule has 1 heterocycles. The van der Waals surface area contributed by atoms with Crippen LogP contribution in [0, 0.1) is 29.1 Å². The van der Waals surface area contributed by atoms with Crippen molar-refractivity contribution in [2.75, 3.05) is 6.61 Å². The lowest BCUT2D eigenvalue weighted by atomic mass is 9.60. The van der Waals surface area contributed by atoms with Crippen LogP contribution in [-0.2, 0) is 14.0 Å². The van der Waals surface area contributed by atoms with Gasteiger partial charge in [0.2, 0.25) is 0 Å². The Hall–Kier alpha value is -0.133. The van der Waals surface area contributed by atoms with Crippen LogP contribution in [0.4, 0.5) is 0 Å². The number of allylic oxidation sites excluding steroid dienone is 1. The molecule has 28 heavy (non-hydrogen) atoms. The number of hydrogen-bond acceptors (Lipinski definition) is 3. The van der Waals surface area contributed by atoms with Gasteiger partial charge < -0.3 is 9.16 Å². The fourth-order valence-corrected chi connectivity index (χ4v) is 8.85. The van der Waals surface area contributed by atoms with Crippen molar-refractivity contribution in [2.45, 2.75) is 91.0 Å². The van der Waals surface area contributed by atoms with Crippen LogP contribution in [0.5, 0.6) is 0 Å². The molecule has 0 radical (unpaired) electrons. The standard InChI is InChI=1S/C23H39BrO3Si/c1-16(19-9-10-20-18(14-24)8-7-11-22(19,20)2)12-17-13-23(3,21(25)26-15-17)27-28(4,5)6/h14,16-17,19-20H,7-13,15H2,1-6H3/t16-,17-,19-,20?,22-,23-/m1/s1. The normalized spacial score (nSPS) is 41.6. The van der Waals surface area contributed by atoms with Gasteiger partial charge in [-0.05, 0) is 106 Å². The maximum atomic E-state index is 12.5. The zero-order valence-corrected chi connectivity index (χ0v) is 21.2. The lowest BCUT2D eigenvalue weighted by molar-refractivity contribution is -0.174. The zero-order valence-electron chi connectivity index (χ0n) is 18.6. The quantitative estimate of drug-likeness (QED) is 0.331. The van der Waals surface area contributed by atoms with Crippen LogP contribution in [0.15, 0.2) is 10.6 Å². The second-order valence-corrected chi connectivity index (χ2v) is 16.0. The van der Waals surface area contributed by atoms with E-state index in [0.717, 1.165) is 24.7 Å². The molecule has 0 aromatic rings. The minimum absolute atomic E-state index is 0.161. The Labute approximate surface area is 181 Å². The maximum Gasteiger partial charge on any atom is 0.336 e. The number of cyclic esters (lactones) is 1. The number of ether oxygens (including phenoxy) is 1. The van der Waals surface area contributed by atoms with E-state index in [1.807, 2.05) is 6.92 Å². The van der Waals surface area contributed by atoms with Gasteiger partial charge >= 0.3 is 5.97 Å². The molecule has 0 aromatic carbocycles. The van der Waals surface area contributed by atoms with Gasteiger partial charge in [0.25, 0.3) is 0 Å². The van der Waals surface area contributed by atoms with Gasteiger partial charge in [0.1, 0.15) is 0 Å². The highest BCUT2D eigenvalue weighted by Crippen LogP contribution is 2.60. The highest BCUT2D eigenvalue weighted by molar-refractivity contribution is 9.11. The molecular weight excluding hydrogens is 432 g/mol. The Morgan fingerprint density at radius 2 is 2.04 bits per heavy atom. The van der Waals surface area contributed by atoms with Crippen molar-refractivity contribution in [3.8, 4) is 0 Å². The minimum atomic E-state index is -1.81. The number of esters is 1. The summed E-state index contributed by atoms with van der Waals surface area (Å²) in [6.45, 7) is 13.9. The van der Waals surface area contributed by atoms with E-state index in [9.17, 15) is 4.79 Å². The van der Waals surface area contributed by atoms with Gasteiger partial charge in [-0.15, -0.1) is 0 Å². The van der Waals surface area contributed by atoms with E-state index in [1.54, 1.807) is 5.57 Å². The molecule has 1 saturated heterocycles. The number of fused-ring (bicyclic) bond motifs is 1. The molecule has 0 aromatic heterocycles. The number of rotatable bonds is 5. The van der Waals surface area contributed by atoms with Crippen LogP contribution in [0.25, 0.3) is 0 Å². The molecule has 3 nitrogen and oxygen atoms in total. The summed E-state index contributed by atoms with van der Waals surface area (Å²) in [5.74, 6) is 2.42. The third kappa shape index (κ3) is 4.46. The van der Waals surface area contributed by atoms with Gasteiger partial charge in [0, 0.05) is 0 Å². The predicted molar refractivity (Wildman–Crippen MR) is 121 cm³/mol. The van der Waals surface area contributed by atoms with Crippen molar-refractivity contribution >= 4 is 30.2 Å². The number of halogens is 1. The number of carbonyl (C=O) groups excluding carboxylic acids is 1. The Bertz CT molecular complexity index is 628. The average Bonchev–Trinajstić information content (AvgIpc) is 2.93. The smallest absolute Gasteiger partial charge is 0.336 e. The molecule has 3 rings (SSSR count). The van der Waals surface area contributed by atoms with Crippen molar-refractivity contribution < 1.29 is 14.0 Å². The first-order valence-corrected chi connectivity index (χ1v) is 15.5. The van der Waals surface area contributed by atoms with Crippen molar-refractivity contribution in [1.82, 2.24) is 0 Å². The van der Waals surface area contributed by atoms with Crippen molar-refractivity contribution in [2.24, 2.45) is 29.1 Å². The molecule has 1 aliphatic heterocycles. The Balaban J connectivity index is 1.68. The van der Waals surface area contributed by atoms with Gasteiger partial charge in [0.05, 0.1) is 6.61 Å². The lowest BCUT2D eigenvalue weighted by Crippen LogP contribution is -2.52. The fourth-order valence-electron chi connectivity index (χ4n) is 6.79. The summed E-state index contributed by atoms with van der Waals surface area (Å²) in [5, 5.41) is 0. The molecule has 0 N–H and O–H groups in total. The van der Waals surface area contributed by atoms with Crippen LogP contribution < -0.4 is 0 Å². The van der Waals surface area contributed by atoms with Crippen molar-refractivity contribution in [3.05, 3.63) is 10.6 Å². The highest BCUT2D eigenvalue weighted by atomic mass is 79.9. The summed E-state index contributed by atoms with van der Waals surface area (Å²) in [7, 11) is -1.81. The van der Waals surface area contributed by atoms with Crippen molar-refractivity contribution in [1.29, 1.82) is 0 Å². The summed E-state index contributed by atoms with van der Waals surface area (Å²) >= 11 is 3.63. The van der Waals surface area contributed by atoms with Crippen LogP contribution >= 0.6 is 15.9 Å². The second-order valence-electron chi connectivity index (χ2n) is 11.1. The molecular formula is C23H39BrO3Si. The van der Waals surface area contributed by atoms with Crippen molar-refractivity contribution in [3.63, 3.8) is 0 Å². The highest BCUT2D eigenvalue weighted by Gasteiger charge is 2.52. The predicted octanol–water partition coefficient (Wildman–Crippen LogP) is 6.68. The number of hydrogen-bond donors (Lipinski definition) is 0. The monoisotopic (exact) mass is 470 g/mol. The SMILES string of the molecule is C[C@H](C[C@H]1COC(=O)[C@](C)(O[Si](C)(C)C)C1)[C@H]1CCC2C(=CBr)CCC[C@@]21C. The summed E-state index contributed by atoms with van der Waals surface area (Å²) in [6, 6.07) is 0. The Morgan fingerprint density at radius 1 is 1.32 bits per heavy atom. The molecule has 3 aliphatic rings. The van der Waals surface area contributed by atoms with E-state index in [0.29, 0.717) is 23.9 Å². The fraction of sp³-hybridized carbons (Fsp3) is 0.870. The first-order chi connectivity index (χ1) is 13.0. The average molecular weight is 472 g/mol. The third-order valence-corrected chi connectivity index (χ3v) is 9.31. The van der Waals surface area contributed by atoms with Gasteiger partial charge in [-0.1, -0.05) is 35.4 Å². The first-order valence-electron chi connectivity index (χ1n) is 11.1. The summed E-state index contributed by atoms with van der Waals surface area (Å²) in [5.41, 5.74) is 1.30. The molecule has 5 heteroatoms. The molecule has 2 saturated carbocycles. The molecule has 0 amide bonds. The van der Waals surface area contributed by atoms with Crippen LogP contribution in [0.1, 0.15) is 65.7 Å². The molecule has 0 bridgehead atoms. The van der Waals surface area contributed by atoms with Gasteiger partial charge in [0.15, 0.2) is 13.9 Å². The molecule has 3 fully saturated rings. The number of carbonyl (C=O) groups is 1. The lowest BCUT2D eigenvalue weighted by Gasteiger charge is -2.45. The van der Waals surface area contributed by atoms with E-state index >= 15 is 0 Å². The van der Waals surface area contributed by atoms with Crippen LogP contribution in [-0.4, -0.2) is 26.5 Å². The largest absolute Gasteiger partial charge is 0.463 e. The second kappa shape index (κ2) is 8.18. The summed E-state index contributed by atoms with van der Waals surface area (Å²) in [6.07, 6.45) is 8.54. The van der Waals surface area contributed by atoms with E-state index in [2.05, 4.69) is 54.4 Å². The zero-order chi connectivity index (χ0) is 20.7. The van der Waals surface area contributed by atoms with Crippen LogP contribution in [0.3, 0.4) is 0 Å². The topological polar surface area (TPSA) is 35.5 Å². The summed E-state index contributed by atoms with van der Waals surface area (Å²) in [4.78, 5) is 14.7. The molecule has 1 unspecified atom stereocenters. The van der Waals surface area contributed by atoms with E-state index in [1.165, 1.54) is 32.1 Å². The third-order valence-electron chi connectivity index (χ3n) is 7.66. The maximum absolute atomic E-state index is 12.5. The Morgan fingerprint density at radius 3 is 2.68 bits per heavy atom. The van der Waals surface area contributed by atoms with Gasteiger partial charge in [-0.25, -0.2) is 4.79 Å². The van der Waals surface area contributed by atoms with Gasteiger partial charge in [-0.2, -0.15) is 0 Å². The molecule has 160 valence electrons.